The van der Waals surface area contributed by atoms with E-state index in [-0.39, 0.29) is 0 Å². The van der Waals surface area contributed by atoms with Crippen LogP contribution in [0.5, 0.6) is 0 Å². The summed E-state index contributed by atoms with van der Waals surface area (Å²) in [5.74, 6) is 0. The Kier molecular flexibility index (Phi) is 0.421. The molecular weight excluding hydrogens is 84.1 g/mol. The van der Waals surface area contributed by atoms with Crippen molar-refractivity contribution in [2.75, 3.05) is 0 Å². The molecule has 0 N–H and O–H groups in total. The summed E-state index contributed by atoms with van der Waals surface area (Å²) in [6.07, 6.45) is 5.69. The molecule has 1 spiro atoms. The fourth-order valence-corrected chi connectivity index (χ4v) is 1.54. The molecule has 2 fully saturated rings. The van der Waals surface area contributed by atoms with Gasteiger partial charge in [0, 0.05) is 0 Å². The molecule has 0 aromatic carbocycles. The Labute approximate surface area is 44.2 Å². The van der Waals surface area contributed by atoms with Crippen LogP contribution in [0.15, 0.2) is 12.2 Å². The minimum absolute atomic E-state index is 0.844. The average Bonchev–Trinajstić information content (AvgIpc) is 2.14. The first-order valence-corrected chi connectivity index (χ1v) is 2.97. The summed E-state index contributed by atoms with van der Waals surface area (Å²) < 4.78 is 0. The van der Waals surface area contributed by atoms with E-state index in [1.165, 1.54) is 31.3 Å². The summed E-state index contributed by atoms with van der Waals surface area (Å²) >= 11 is 0. The van der Waals surface area contributed by atoms with Gasteiger partial charge in [-0.15, -0.1) is 0 Å². The van der Waals surface area contributed by atoms with Crippen LogP contribution in [0.3, 0.4) is 0 Å². The van der Waals surface area contributed by atoms with E-state index in [0.717, 1.165) is 5.41 Å². The second-order valence-corrected chi connectivity index (χ2v) is 3.10. The van der Waals surface area contributed by atoms with Crippen molar-refractivity contribution in [3.8, 4) is 0 Å². The van der Waals surface area contributed by atoms with Crippen molar-refractivity contribution < 1.29 is 0 Å². The van der Waals surface area contributed by atoms with Crippen molar-refractivity contribution in [3.63, 3.8) is 0 Å². The van der Waals surface area contributed by atoms with Crippen LogP contribution < -0.4 is 0 Å². The third kappa shape index (κ3) is 0.370. The Bertz CT molecular complexity index is 108. The molecule has 0 unspecified atom stereocenters. The normalized spacial score (nSPS) is 32.9. The number of rotatable bonds is 0. The second kappa shape index (κ2) is 0.795. The standard InChI is InChI=1S/C7H10/c1-6-4-7(5-6)2-3-7/h1-5H2. The Morgan fingerprint density at radius 2 is 1.86 bits per heavy atom. The molecule has 7 heavy (non-hydrogen) atoms. The van der Waals surface area contributed by atoms with E-state index in [0.29, 0.717) is 0 Å². The highest BCUT2D eigenvalue weighted by atomic mass is 14.5. The van der Waals surface area contributed by atoms with Crippen LogP contribution >= 0.6 is 0 Å². The van der Waals surface area contributed by atoms with E-state index < -0.39 is 0 Å². The Balaban J connectivity index is 2.09. The van der Waals surface area contributed by atoms with Crippen LogP contribution in [0.1, 0.15) is 25.7 Å². The first kappa shape index (κ1) is 3.71. The van der Waals surface area contributed by atoms with E-state index >= 15 is 0 Å². The first-order valence-electron chi connectivity index (χ1n) is 2.97. The first-order chi connectivity index (χ1) is 3.31. The second-order valence-electron chi connectivity index (χ2n) is 3.10. The summed E-state index contributed by atoms with van der Waals surface area (Å²) in [5.41, 5.74) is 2.33. The highest BCUT2D eigenvalue weighted by molar-refractivity contribution is 5.20. The predicted octanol–water partition coefficient (Wildman–Crippen LogP) is 2.12. The van der Waals surface area contributed by atoms with Crippen LogP contribution in [0, 0.1) is 5.41 Å². The molecule has 38 valence electrons. The highest BCUT2D eigenvalue weighted by Gasteiger charge is 2.49. The average molecular weight is 94.2 g/mol. The molecule has 0 heteroatoms. The van der Waals surface area contributed by atoms with Gasteiger partial charge in [-0.05, 0) is 31.1 Å². The Morgan fingerprint density at radius 1 is 1.29 bits per heavy atom. The molecule has 0 aromatic heterocycles. The van der Waals surface area contributed by atoms with Crippen molar-refractivity contribution in [3.05, 3.63) is 12.2 Å². The predicted molar refractivity (Wildman–Crippen MR) is 30.0 cm³/mol. The van der Waals surface area contributed by atoms with Gasteiger partial charge in [-0.25, -0.2) is 0 Å². The highest BCUT2D eigenvalue weighted by Crippen LogP contribution is 2.62. The molecule has 2 aliphatic rings. The summed E-state index contributed by atoms with van der Waals surface area (Å²) in [4.78, 5) is 0. The summed E-state index contributed by atoms with van der Waals surface area (Å²) in [6.45, 7) is 3.90. The monoisotopic (exact) mass is 94.1 g/mol. The van der Waals surface area contributed by atoms with Crippen LogP contribution in [0.25, 0.3) is 0 Å². The molecule has 0 bridgehead atoms. The summed E-state index contributed by atoms with van der Waals surface area (Å²) in [6, 6.07) is 0. The maximum absolute atomic E-state index is 3.90. The number of hydrogen-bond acceptors (Lipinski definition) is 0. The molecule has 0 atom stereocenters. The van der Waals surface area contributed by atoms with Gasteiger partial charge >= 0.3 is 0 Å². The van der Waals surface area contributed by atoms with Crippen LogP contribution in [-0.4, -0.2) is 0 Å². The van der Waals surface area contributed by atoms with Gasteiger partial charge in [0.1, 0.15) is 0 Å². The van der Waals surface area contributed by atoms with Gasteiger partial charge in [-0.1, -0.05) is 12.2 Å². The van der Waals surface area contributed by atoms with E-state index in [9.17, 15) is 0 Å². The maximum Gasteiger partial charge on any atom is -0.0223 e. The Morgan fingerprint density at radius 3 is 2.00 bits per heavy atom. The lowest BCUT2D eigenvalue weighted by molar-refractivity contribution is 0.395. The number of hydrogen-bond donors (Lipinski definition) is 0. The molecule has 2 rings (SSSR count). The zero-order valence-electron chi connectivity index (χ0n) is 4.54. The zero-order chi connectivity index (χ0) is 4.91. The minimum atomic E-state index is 0.844. The number of allylic oxidation sites excluding steroid dienone is 1. The van der Waals surface area contributed by atoms with Crippen molar-refractivity contribution in [1.29, 1.82) is 0 Å². The molecule has 2 saturated carbocycles. The fourth-order valence-electron chi connectivity index (χ4n) is 1.54. The van der Waals surface area contributed by atoms with E-state index in [1.807, 2.05) is 0 Å². The van der Waals surface area contributed by atoms with Gasteiger partial charge in [0.15, 0.2) is 0 Å². The van der Waals surface area contributed by atoms with Crippen molar-refractivity contribution >= 4 is 0 Å². The van der Waals surface area contributed by atoms with E-state index in [4.69, 9.17) is 0 Å². The van der Waals surface area contributed by atoms with E-state index in [1.54, 1.807) is 0 Å². The molecule has 0 amide bonds. The van der Waals surface area contributed by atoms with Gasteiger partial charge in [0.25, 0.3) is 0 Å². The maximum atomic E-state index is 3.90. The van der Waals surface area contributed by atoms with Crippen molar-refractivity contribution in [2.45, 2.75) is 25.7 Å². The third-order valence-corrected chi connectivity index (χ3v) is 2.21. The third-order valence-electron chi connectivity index (χ3n) is 2.21. The molecular formula is C7H10. The minimum Gasteiger partial charge on any atom is -0.0998 e. The van der Waals surface area contributed by atoms with Crippen molar-refractivity contribution in [1.82, 2.24) is 0 Å². The molecule has 0 aromatic rings. The molecule has 0 radical (unpaired) electrons. The fraction of sp³-hybridized carbons (Fsp3) is 0.714. The van der Waals surface area contributed by atoms with Gasteiger partial charge in [-0.3, -0.25) is 0 Å². The summed E-state index contributed by atoms with van der Waals surface area (Å²) in [5, 5.41) is 0. The van der Waals surface area contributed by atoms with Crippen LogP contribution in [-0.2, 0) is 0 Å². The lowest BCUT2D eigenvalue weighted by Crippen LogP contribution is -2.13. The van der Waals surface area contributed by atoms with Gasteiger partial charge < -0.3 is 0 Å². The van der Waals surface area contributed by atoms with Crippen LogP contribution in [0.4, 0.5) is 0 Å². The van der Waals surface area contributed by atoms with Gasteiger partial charge in [-0.2, -0.15) is 0 Å². The van der Waals surface area contributed by atoms with E-state index in [2.05, 4.69) is 6.58 Å². The zero-order valence-corrected chi connectivity index (χ0v) is 4.54. The topological polar surface area (TPSA) is 0 Å². The molecule has 0 aliphatic heterocycles. The lowest BCUT2D eigenvalue weighted by Gasteiger charge is -2.27. The van der Waals surface area contributed by atoms with Crippen molar-refractivity contribution in [2.24, 2.45) is 5.41 Å². The van der Waals surface area contributed by atoms with Crippen LogP contribution in [0.2, 0.25) is 0 Å². The molecule has 2 aliphatic carbocycles. The lowest BCUT2D eigenvalue weighted by atomic mass is 9.78. The molecule has 0 heterocycles. The van der Waals surface area contributed by atoms with Gasteiger partial charge in [0.2, 0.25) is 0 Å². The smallest absolute Gasteiger partial charge is 0.0223 e. The summed E-state index contributed by atoms with van der Waals surface area (Å²) in [7, 11) is 0. The largest absolute Gasteiger partial charge is 0.0998 e. The van der Waals surface area contributed by atoms with Gasteiger partial charge in [0.05, 0.1) is 0 Å². The Hall–Kier alpha value is -0.260. The molecule has 0 nitrogen and oxygen atoms in total. The SMILES string of the molecule is C=C1CC2(CC2)C1. The quantitative estimate of drug-likeness (QED) is 0.403. The molecule has 0 saturated heterocycles.